The number of hydrogen-bond acceptors (Lipinski definition) is 4. The van der Waals surface area contributed by atoms with E-state index in [1.54, 1.807) is 0 Å². The first-order valence-corrected chi connectivity index (χ1v) is 5.93. The largest absolute Gasteiger partial charge is 0.478 e. The monoisotopic (exact) mass is 290 g/mol. The molecule has 1 aliphatic rings. The Morgan fingerprint density at radius 3 is 2.70 bits per heavy atom. The van der Waals surface area contributed by atoms with Gasteiger partial charge in [-0.15, -0.1) is 0 Å². The molecule has 2 heterocycles. The Bertz CT molecular complexity index is 513. The Balaban J connectivity index is 2.43. The van der Waals surface area contributed by atoms with Crippen LogP contribution in [-0.2, 0) is 10.9 Å². The predicted octanol–water partition coefficient (Wildman–Crippen LogP) is 2.02. The number of nitrogens with zero attached hydrogens (tertiary/aromatic N) is 2. The van der Waals surface area contributed by atoms with Gasteiger partial charge in [0, 0.05) is 13.7 Å². The molecule has 0 radical (unpaired) electrons. The molecule has 0 bridgehead atoms. The van der Waals surface area contributed by atoms with Gasteiger partial charge in [0.25, 0.3) is 0 Å². The third kappa shape index (κ3) is 2.84. The van der Waals surface area contributed by atoms with Gasteiger partial charge in [0.05, 0.1) is 12.6 Å². The van der Waals surface area contributed by atoms with Crippen LogP contribution in [0.2, 0.25) is 0 Å². The summed E-state index contributed by atoms with van der Waals surface area (Å²) in [7, 11) is 1.52. The number of alkyl halides is 3. The van der Waals surface area contributed by atoms with Crippen LogP contribution in [0.15, 0.2) is 12.1 Å². The van der Waals surface area contributed by atoms with Gasteiger partial charge in [-0.2, -0.15) is 13.2 Å². The summed E-state index contributed by atoms with van der Waals surface area (Å²) in [5.41, 5.74) is -1.37. The van der Waals surface area contributed by atoms with Crippen molar-refractivity contribution >= 4 is 11.8 Å². The molecule has 1 aromatic heterocycles. The maximum atomic E-state index is 12.7. The highest BCUT2D eigenvalue weighted by atomic mass is 19.4. The molecule has 2 rings (SSSR count). The van der Waals surface area contributed by atoms with Crippen LogP contribution in [0.25, 0.3) is 0 Å². The van der Waals surface area contributed by atoms with Crippen molar-refractivity contribution in [2.75, 3.05) is 25.2 Å². The van der Waals surface area contributed by atoms with Crippen LogP contribution in [0.4, 0.5) is 19.0 Å². The van der Waals surface area contributed by atoms with Crippen LogP contribution in [0, 0.1) is 0 Å². The Morgan fingerprint density at radius 2 is 2.20 bits per heavy atom. The van der Waals surface area contributed by atoms with Gasteiger partial charge in [0.15, 0.2) is 0 Å². The first kappa shape index (κ1) is 14.6. The maximum Gasteiger partial charge on any atom is 0.433 e. The van der Waals surface area contributed by atoms with E-state index < -0.39 is 17.8 Å². The number of likely N-dealkylation sites (N-methyl/N-ethyl adjacent to an activating group) is 1. The number of rotatable bonds is 3. The zero-order valence-corrected chi connectivity index (χ0v) is 10.6. The second-order valence-electron chi connectivity index (χ2n) is 4.50. The summed E-state index contributed by atoms with van der Waals surface area (Å²) in [6.07, 6.45) is -3.99. The van der Waals surface area contributed by atoms with Crippen LogP contribution in [0.3, 0.4) is 0 Å². The normalized spacial score (nSPS) is 19.1. The highest BCUT2D eigenvalue weighted by Crippen LogP contribution is 2.31. The smallest absolute Gasteiger partial charge is 0.433 e. The third-order valence-corrected chi connectivity index (χ3v) is 3.18. The van der Waals surface area contributed by atoms with Crippen molar-refractivity contribution in [3.05, 3.63) is 23.4 Å². The fourth-order valence-electron chi connectivity index (χ4n) is 2.04. The minimum Gasteiger partial charge on any atom is -0.478 e. The molecule has 1 atom stereocenters. The molecule has 0 aliphatic carbocycles. The van der Waals surface area contributed by atoms with E-state index in [2.05, 4.69) is 4.98 Å². The van der Waals surface area contributed by atoms with Crippen LogP contribution in [0.1, 0.15) is 22.5 Å². The summed E-state index contributed by atoms with van der Waals surface area (Å²) in [6.45, 7) is 0.837. The van der Waals surface area contributed by atoms with Gasteiger partial charge in [-0.3, -0.25) is 0 Å². The van der Waals surface area contributed by atoms with Crippen molar-refractivity contribution in [3.8, 4) is 0 Å². The lowest BCUT2D eigenvalue weighted by atomic mass is 10.1. The van der Waals surface area contributed by atoms with Crippen molar-refractivity contribution in [2.45, 2.75) is 18.6 Å². The van der Waals surface area contributed by atoms with Gasteiger partial charge < -0.3 is 14.7 Å². The first-order valence-electron chi connectivity index (χ1n) is 5.93. The number of pyridine rings is 1. The predicted molar refractivity (Wildman–Crippen MR) is 63.8 cm³/mol. The summed E-state index contributed by atoms with van der Waals surface area (Å²) >= 11 is 0. The summed E-state index contributed by atoms with van der Waals surface area (Å²) in [6, 6.07) is 1.43. The number of hydrogen-bond donors (Lipinski definition) is 1. The second-order valence-corrected chi connectivity index (χ2v) is 4.50. The molecule has 1 unspecified atom stereocenters. The van der Waals surface area contributed by atoms with Crippen molar-refractivity contribution in [1.29, 1.82) is 0 Å². The van der Waals surface area contributed by atoms with E-state index in [1.807, 2.05) is 0 Å². The molecule has 0 aromatic carbocycles. The van der Waals surface area contributed by atoms with E-state index in [0.717, 1.165) is 6.07 Å². The third-order valence-electron chi connectivity index (χ3n) is 3.18. The summed E-state index contributed by atoms with van der Waals surface area (Å²) in [5, 5.41) is 9.07. The number of carbonyl (C=O) groups is 1. The Morgan fingerprint density at radius 1 is 1.50 bits per heavy atom. The fourth-order valence-corrected chi connectivity index (χ4v) is 2.04. The maximum absolute atomic E-state index is 12.7. The average molecular weight is 290 g/mol. The number of carboxylic acid groups (broad SMARTS) is 1. The van der Waals surface area contributed by atoms with Gasteiger partial charge in [0.2, 0.25) is 0 Å². The molecule has 0 amide bonds. The number of halogens is 3. The lowest BCUT2D eigenvalue weighted by molar-refractivity contribution is -0.141. The van der Waals surface area contributed by atoms with E-state index in [0.29, 0.717) is 25.7 Å². The van der Waals surface area contributed by atoms with E-state index in [1.165, 1.54) is 11.9 Å². The van der Waals surface area contributed by atoms with Crippen molar-refractivity contribution in [1.82, 2.24) is 4.98 Å². The highest BCUT2D eigenvalue weighted by molar-refractivity contribution is 5.93. The topological polar surface area (TPSA) is 62.7 Å². The molecule has 0 saturated carbocycles. The average Bonchev–Trinajstić information content (AvgIpc) is 2.89. The van der Waals surface area contributed by atoms with Crippen LogP contribution >= 0.6 is 0 Å². The molecular weight excluding hydrogens is 277 g/mol. The van der Waals surface area contributed by atoms with E-state index >= 15 is 0 Å². The molecule has 0 spiro atoms. The minimum absolute atomic E-state index is 0.177. The van der Waals surface area contributed by atoms with Crippen molar-refractivity contribution in [3.63, 3.8) is 0 Å². The van der Waals surface area contributed by atoms with Gasteiger partial charge >= 0.3 is 12.1 Å². The van der Waals surface area contributed by atoms with Gasteiger partial charge in [-0.25, -0.2) is 9.78 Å². The lowest BCUT2D eigenvalue weighted by Gasteiger charge is -2.26. The van der Waals surface area contributed by atoms with E-state index in [-0.39, 0.29) is 17.4 Å². The second kappa shape index (κ2) is 5.28. The Labute approximate surface area is 113 Å². The van der Waals surface area contributed by atoms with Gasteiger partial charge in [0.1, 0.15) is 17.1 Å². The minimum atomic E-state index is -4.61. The molecule has 1 fully saturated rings. The van der Waals surface area contributed by atoms with Crippen LogP contribution in [-0.4, -0.2) is 42.4 Å². The molecule has 1 saturated heterocycles. The first-order chi connectivity index (χ1) is 9.30. The molecule has 5 nitrogen and oxygen atoms in total. The highest BCUT2D eigenvalue weighted by Gasteiger charge is 2.35. The molecule has 8 heteroatoms. The summed E-state index contributed by atoms with van der Waals surface area (Å²) < 4.78 is 43.2. The standard InChI is InChI=1S/C12H13F3N2O3/c1-17(7-4-5-20-6-7)10-8(11(18)19)2-3-9(16-10)12(13,14)15/h2-3,7H,4-6H2,1H3,(H,18,19). The zero-order chi connectivity index (χ0) is 14.9. The van der Waals surface area contributed by atoms with E-state index in [9.17, 15) is 18.0 Å². The van der Waals surface area contributed by atoms with Crippen molar-refractivity contribution in [2.24, 2.45) is 0 Å². The molecule has 1 aromatic rings. The number of aromatic carboxylic acids is 1. The quantitative estimate of drug-likeness (QED) is 0.922. The number of ether oxygens (including phenoxy) is 1. The van der Waals surface area contributed by atoms with Gasteiger partial charge in [-0.1, -0.05) is 0 Å². The Kier molecular flexibility index (Phi) is 3.85. The lowest BCUT2D eigenvalue weighted by Crippen LogP contribution is -2.34. The SMILES string of the molecule is CN(c1nc(C(F)(F)F)ccc1C(=O)O)C1CCOC1. The van der Waals surface area contributed by atoms with E-state index in [4.69, 9.17) is 9.84 Å². The zero-order valence-electron chi connectivity index (χ0n) is 10.6. The Hall–Kier alpha value is -1.83. The summed E-state index contributed by atoms with van der Waals surface area (Å²) in [4.78, 5) is 16.0. The number of anilines is 1. The van der Waals surface area contributed by atoms with Crippen LogP contribution < -0.4 is 4.90 Å². The molecular formula is C12H13F3N2O3. The number of carboxylic acids is 1. The molecule has 20 heavy (non-hydrogen) atoms. The van der Waals surface area contributed by atoms with Crippen LogP contribution in [0.5, 0.6) is 0 Å². The summed E-state index contributed by atoms with van der Waals surface area (Å²) in [5.74, 6) is -1.50. The number of aromatic nitrogens is 1. The van der Waals surface area contributed by atoms with Gasteiger partial charge in [-0.05, 0) is 18.6 Å². The fraction of sp³-hybridized carbons (Fsp3) is 0.500. The van der Waals surface area contributed by atoms with Crippen molar-refractivity contribution < 1.29 is 27.8 Å². The molecule has 1 aliphatic heterocycles. The molecule has 110 valence electrons. The molecule has 1 N–H and O–H groups in total.